The number of ketones is 2. The van der Waals surface area contributed by atoms with Crippen LogP contribution in [0.4, 0.5) is 0 Å². The summed E-state index contributed by atoms with van der Waals surface area (Å²) in [5.74, 6) is -0.863. The van der Waals surface area contributed by atoms with Crippen molar-refractivity contribution in [3.63, 3.8) is 0 Å². The van der Waals surface area contributed by atoms with Crippen LogP contribution in [-0.2, 0) is 4.79 Å². The number of benzene rings is 1. The third-order valence-corrected chi connectivity index (χ3v) is 2.18. The van der Waals surface area contributed by atoms with Crippen LogP contribution in [0.25, 0.3) is 0 Å². The molecule has 0 amide bonds. The maximum absolute atomic E-state index is 11.5. The van der Waals surface area contributed by atoms with E-state index in [1.54, 1.807) is 24.3 Å². The molecule has 0 heterocycles. The van der Waals surface area contributed by atoms with Crippen LogP contribution in [0, 0.1) is 0 Å². The van der Waals surface area contributed by atoms with E-state index < -0.39 is 5.78 Å². The molecule has 0 spiro atoms. The predicted molar refractivity (Wildman–Crippen MR) is 58.6 cm³/mol. The Morgan fingerprint density at radius 1 is 1.36 bits per heavy atom. The number of carbonyl (C=O) groups excluding carboxylic acids is 2. The standard InChI is InChI=1S/C10H10BClO2/c1-11-6-9(13)10(14)7-4-2-3-5-8(7)12/h2-5,11H,6H2,1H3. The highest BCUT2D eigenvalue weighted by Gasteiger charge is 2.17. The van der Waals surface area contributed by atoms with E-state index in [1.807, 2.05) is 6.82 Å². The number of Topliss-reactive ketones (excluding diaryl/α,β-unsaturated/α-hetero) is 2. The van der Waals surface area contributed by atoms with Gasteiger partial charge in [0.25, 0.3) is 0 Å². The molecular formula is C10H10BClO2. The van der Waals surface area contributed by atoms with Gasteiger partial charge in [-0.2, -0.15) is 0 Å². The van der Waals surface area contributed by atoms with Crippen LogP contribution in [0.5, 0.6) is 0 Å². The summed E-state index contributed by atoms with van der Waals surface area (Å²) in [5, 5.41) is 0.335. The molecule has 0 bridgehead atoms. The lowest BCUT2D eigenvalue weighted by atomic mass is 9.75. The highest BCUT2D eigenvalue weighted by atomic mass is 35.5. The molecule has 0 aliphatic heterocycles. The average Bonchev–Trinajstić information content (AvgIpc) is 2.18. The van der Waals surface area contributed by atoms with Crippen LogP contribution in [0.1, 0.15) is 10.4 Å². The molecule has 0 saturated heterocycles. The maximum Gasteiger partial charge on any atom is 0.229 e. The predicted octanol–water partition coefficient (Wildman–Crippen LogP) is 1.99. The molecule has 0 fully saturated rings. The smallest absolute Gasteiger partial charge is 0.229 e. The third kappa shape index (κ3) is 2.45. The van der Waals surface area contributed by atoms with E-state index in [2.05, 4.69) is 0 Å². The van der Waals surface area contributed by atoms with Gasteiger partial charge >= 0.3 is 0 Å². The van der Waals surface area contributed by atoms with Gasteiger partial charge in [0.05, 0.1) is 5.02 Å². The largest absolute Gasteiger partial charge is 0.291 e. The first-order valence-corrected chi connectivity index (χ1v) is 4.86. The fourth-order valence-corrected chi connectivity index (χ4v) is 1.36. The molecule has 0 aliphatic carbocycles. The van der Waals surface area contributed by atoms with E-state index in [0.29, 0.717) is 17.9 Å². The van der Waals surface area contributed by atoms with Crippen molar-refractivity contribution in [2.24, 2.45) is 0 Å². The van der Waals surface area contributed by atoms with Gasteiger partial charge in [-0.05, 0) is 18.5 Å². The molecular weight excluding hydrogens is 198 g/mol. The molecule has 14 heavy (non-hydrogen) atoms. The van der Waals surface area contributed by atoms with E-state index in [-0.39, 0.29) is 12.1 Å². The van der Waals surface area contributed by atoms with Crippen molar-refractivity contribution in [1.29, 1.82) is 0 Å². The summed E-state index contributed by atoms with van der Waals surface area (Å²) in [4.78, 5) is 22.8. The quantitative estimate of drug-likeness (QED) is 0.431. The second kappa shape index (κ2) is 4.96. The Hall–Kier alpha value is -1.09. The molecule has 0 atom stereocenters. The minimum Gasteiger partial charge on any atom is -0.291 e. The number of hydrogen-bond donors (Lipinski definition) is 0. The molecule has 72 valence electrons. The van der Waals surface area contributed by atoms with Crippen molar-refractivity contribution in [1.82, 2.24) is 0 Å². The van der Waals surface area contributed by atoms with Gasteiger partial charge < -0.3 is 0 Å². The van der Waals surface area contributed by atoms with Gasteiger partial charge in [-0.15, -0.1) is 0 Å². The Labute approximate surface area is 88.5 Å². The summed E-state index contributed by atoms with van der Waals surface area (Å²) in [6.07, 6.45) is 0.282. The van der Waals surface area contributed by atoms with E-state index in [4.69, 9.17) is 11.6 Å². The van der Waals surface area contributed by atoms with Crippen molar-refractivity contribution in [3.8, 4) is 0 Å². The zero-order chi connectivity index (χ0) is 10.6. The molecule has 0 radical (unpaired) electrons. The van der Waals surface area contributed by atoms with Gasteiger partial charge in [0.1, 0.15) is 7.28 Å². The molecule has 1 rings (SSSR count). The van der Waals surface area contributed by atoms with Gasteiger partial charge in [0.15, 0.2) is 5.78 Å². The zero-order valence-corrected chi connectivity index (χ0v) is 8.67. The Bertz CT molecular complexity index is 363. The summed E-state index contributed by atoms with van der Waals surface area (Å²) in [6.45, 7) is 1.86. The summed E-state index contributed by atoms with van der Waals surface area (Å²) in [6, 6.07) is 6.59. The summed E-state index contributed by atoms with van der Waals surface area (Å²) in [5.41, 5.74) is 0.299. The Morgan fingerprint density at radius 2 is 2.00 bits per heavy atom. The van der Waals surface area contributed by atoms with Crippen LogP contribution in [0.2, 0.25) is 18.2 Å². The molecule has 1 aromatic carbocycles. The minimum absolute atomic E-state index is 0.282. The van der Waals surface area contributed by atoms with Crippen LogP contribution in [0.3, 0.4) is 0 Å². The van der Waals surface area contributed by atoms with Gasteiger partial charge in [-0.3, -0.25) is 9.59 Å². The van der Waals surface area contributed by atoms with Gasteiger partial charge in [0.2, 0.25) is 5.78 Å². The van der Waals surface area contributed by atoms with E-state index >= 15 is 0 Å². The molecule has 1 aromatic rings. The number of rotatable bonds is 4. The fourth-order valence-electron chi connectivity index (χ4n) is 1.14. The van der Waals surface area contributed by atoms with Gasteiger partial charge in [-0.1, -0.05) is 30.6 Å². The average molecular weight is 208 g/mol. The zero-order valence-electron chi connectivity index (χ0n) is 7.92. The number of hydrogen-bond acceptors (Lipinski definition) is 2. The first-order chi connectivity index (χ1) is 6.66. The lowest BCUT2D eigenvalue weighted by Gasteiger charge is -2.00. The summed E-state index contributed by atoms with van der Waals surface area (Å²) < 4.78 is 0. The molecule has 0 unspecified atom stereocenters. The molecule has 4 heteroatoms. The second-order valence-corrected chi connectivity index (χ2v) is 3.39. The van der Waals surface area contributed by atoms with Crippen LogP contribution in [-0.4, -0.2) is 18.8 Å². The highest BCUT2D eigenvalue weighted by Crippen LogP contribution is 2.16. The van der Waals surface area contributed by atoms with Crippen LogP contribution < -0.4 is 0 Å². The minimum atomic E-state index is -0.488. The van der Waals surface area contributed by atoms with Crippen molar-refractivity contribution >= 4 is 30.4 Å². The Morgan fingerprint density at radius 3 is 2.57 bits per heavy atom. The Kier molecular flexibility index (Phi) is 3.90. The van der Waals surface area contributed by atoms with Crippen molar-refractivity contribution < 1.29 is 9.59 Å². The molecule has 0 aliphatic rings. The third-order valence-electron chi connectivity index (χ3n) is 1.85. The summed E-state index contributed by atoms with van der Waals surface area (Å²) in [7, 11) is 0.676. The van der Waals surface area contributed by atoms with E-state index in [1.165, 1.54) is 0 Å². The highest BCUT2D eigenvalue weighted by molar-refractivity contribution is 6.56. The van der Waals surface area contributed by atoms with Crippen molar-refractivity contribution in [3.05, 3.63) is 34.9 Å². The lowest BCUT2D eigenvalue weighted by molar-refractivity contribution is -0.113. The van der Waals surface area contributed by atoms with Crippen LogP contribution >= 0.6 is 11.6 Å². The number of carbonyl (C=O) groups is 2. The van der Waals surface area contributed by atoms with Crippen molar-refractivity contribution in [2.75, 3.05) is 0 Å². The van der Waals surface area contributed by atoms with E-state index in [9.17, 15) is 9.59 Å². The maximum atomic E-state index is 11.5. The fraction of sp³-hybridized carbons (Fsp3) is 0.200. The SMILES string of the molecule is CBCC(=O)C(=O)c1ccccc1Cl. The molecule has 0 saturated carbocycles. The molecule has 0 N–H and O–H groups in total. The lowest BCUT2D eigenvalue weighted by Crippen LogP contribution is -2.15. The monoisotopic (exact) mass is 208 g/mol. The summed E-state index contributed by atoms with van der Waals surface area (Å²) >= 11 is 5.79. The second-order valence-electron chi connectivity index (χ2n) is 2.98. The topological polar surface area (TPSA) is 34.1 Å². The van der Waals surface area contributed by atoms with Crippen molar-refractivity contribution in [2.45, 2.75) is 13.1 Å². The molecule has 2 nitrogen and oxygen atoms in total. The van der Waals surface area contributed by atoms with E-state index in [0.717, 1.165) is 0 Å². The first-order valence-electron chi connectivity index (χ1n) is 4.49. The first kappa shape index (κ1) is 11.0. The normalized spacial score (nSPS) is 9.57. The van der Waals surface area contributed by atoms with Gasteiger partial charge in [0, 0.05) is 5.56 Å². The van der Waals surface area contributed by atoms with Gasteiger partial charge in [-0.25, -0.2) is 0 Å². The Balaban J connectivity index is 2.90. The number of halogens is 1. The molecule has 0 aromatic heterocycles. The van der Waals surface area contributed by atoms with Crippen LogP contribution in [0.15, 0.2) is 24.3 Å².